The van der Waals surface area contributed by atoms with Crippen molar-refractivity contribution in [2.75, 3.05) is 13.1 Å². The van der Waals surface area contributed by atoms with E-state index in [1.165, 1.54) is 12.1 Å². The van der Waals surface area contributed by atoms with Gasteiger partial charge in [0, 0.05) is 6.54 Å². The number of hydrogen-bond acceptors (Lipinski definition) is 7. The maximum atomic E-state index is 12.7. The van der Waals surface area contributed by atoms with Gasteiger partial charge in [-0.05, 0) is 30.6 Å². The van der Waals surface area contributed by atoms with Gasteiger partial charge in [0.25, 0.3) is 5.91 Å². The fourth-order valence-electron chi connectivity index (χ4n) is 3.37. The summed E-state index contributed by atoms with van der Waals surface area (Å²) in [5, 5.41) is 25.9. The minimum Gasteiger partial charge on any atom is -0.481 e. The average molecular weight is 522 g/mol. The van der Waals surface area contributed by atoms with E-state index >= 15 is 0 Å². The molecule has 36 heavy (non-hydrogen) atoms. The molecule has 1 aromatic rings. The molecule has 0 aliphatic carbocycles. The van der Waals surface area contributed by atoms with Crippen LogP contribution in [0.3, 0.4) is 0 Å². The number of thiocarbonyl (C=S) groups is 1. The molecular formula is C21H27N7O7S. The molecule has 1 saturated heterocycles. The van der Waals surface area contributed by atoms with Crippen LogP contribution in [-0.2, 0) is 24.0 Å². The normalized spacial score (nSPS) is 16.4. The maximum Gasteiger partial charge on any atom is 0.330 e. The van der Waals surface area contributed by atoms with Crippen molar-refractivity contribution in [1.82, 2.24) is 20.9 Å². The number of benzene rings is 1. The van der Waals surface area contributed by atoms with Crippen molar-refractivity contribution in [3.05, 3.63) is 35.9 Å². The van der Waals surface area contributed by atoms with Gasteiger partial charge in [0.1, 0.15) is 18.6 Å². The largest absolute Gasteiger partial charge is 0.481 e. The van der Waals surface area contributed by atoms with Gasteiger partial charge < -0.3 is 37.6 Å². The highest BCUT2D eigenvalue weighted by Crippen LogP contribution is 2.14. The van der Waals surface area contributed by atoms with Gasteiger partial charge in [0.05, 0.1) is 6.42 Å². The van der Waals surface area contributed by atoms with E-state index in [4.69, 9.17) is 23.7 Å². The van der Waals surface area contributed by atoms with Crippen LogP contribution in [0.25, 0.3) is 0 Å². The van der Waals surface area contributed by atoms with Gasteiger partial charge in [-0.2, -0.15) is 0 Å². The second kappa shape index (κ2) is 13.0. The molecule has 1 fully saturated rings. The average Bonchev–Trinajstić information content (AvgIpc) is 3.07. The fourth-order valence-corrected chi connectivity index (χ4v) is 3.67. The summed E-state index contributed by atoms with van der Waals surface area (Å²) >= 11 is 5.12. The second-order valence-corrected chi connectivity index (χ2v) is 8.17. The number of nitrogens with one attached hydrogen (secondary N) is 3. The highest BCUT2D eigenvalue weighted by Gasteiger charge is 2.37. The summed E-state index contributed by atoms with van der Waals surface area (Å²) in [4.78, 5) is 65.7. The summed E-state index contributed by atoms with van der Waals surface area (Å²) in [7, 11) is 0. The summed E-state index contributed by atoms with van der Waals surface area (Å²) in [6.45, 7) is -0.271. The molecule has 15 heteroatoms. The first-order valence-electron chi connectivity index (χ1n) is 10.8. The highest BCUT2D eigenvalue weighted by atomic mass is 32.1. The van der Waals surface area contributed by atoms with Crippen molar-refractivity contribution in [3.8, 4) is 0 Å². The number of nitrogens with two attached hydrogens (primary N) is 2. The quantitative estimate of drug-likeness (QED) is 0.0651. The Labute approximate surface area is 211 Å². The van der Waals surface area contributed by atoms with Crippen LogP contribution in [0.15, 0.2) is 35.3 Å². The minimum atomic E-state index is -1.60. The van der Waals surface area contributed by atoms with Gasteiger partial charge in [-0.1, -0.05) is 30.3 Å². The standard InChI is InChI=1S/C21H27N7O7S/c22-20(23)24-8-4-7-12-18(33)28(21(36)26-12)10-14(29)25-13(9-15(30)31)17(32)27-16(19(34)35)11-5-2-1-3-6-11/h1-3,5-6,12-13,16H,4,7-10H2,(H,25,29)(H,26,36)(H,27,32)(H,30,31)(H,34,35)(H4,22,23,24)/t12-,13-,16-/m0/s1. The Balaban J connectivity index is 2.02. The number of amides is 3. The molecule has 2 rings (SSSR count). The fraction of sp³-hybridized carbons (Fsp3) is 0.381. The van der Waals surface area contributed by atoms with Gasteiger partial charge in [0.2, 0.25) is 11.8 Å². The first kappa shape index (κ1) is 28.0. The Bertz CT molecular complexity index is 1050. The van der Waals surface area contributed by atoms with Crippen molar-refractivity contribution in [3.63, 3.8) is 0 Å². The predicted octanol–water partition coefficient (Wildman–Crippen LogP) is -1.97. The van der Waals surface area contributed by atoms with Gasteiger partial charge in [-0.25, -0.2) is 4.79 Å². The molecule has 9 N–H and O–H groups in total. The Hall–Kier alpha value is -4.27. The van der Waals surface area contributed by atoms with Crippen LogP contribution in [0.5, 0.6) is 0 Å². The molecule has 0 radical (unpaired) electrons. The monoisotopic (exact) mass is 521 g/mol. The molecule has 1 aliphatic rings. The van der Waals surface area contributed by atoms with Crippen molar-refractivity contribution in [2.24, 2.45) is 16.5 Å². The van der Waals surface area contributed by atoms with Crippen LogP contribution in [0.2, 0.25) is 0 Å². The zero-order chi connectivity index (χ0) is 26.8. The zero-order valence-electron chi connectivity index (χ0n) is 19.0. The number of carboxylic acids is 2. The smallest absolute Gasteiger partial charge is 0.330 e. The molecule has 1 aliphatic heterocycles. The Morgan fingerprint density at radius 3 is 2.39 bits per heavy atom. The Kier molecular flexibility index (Phi) is 10.1. The van der Waals surface area contributed by atoms with Gasteiger partial charge in [-0.15, -0.1) is 0 Å². The van der Waals surface area contributed by atoms with Crippen LogP contribution in [0, 0.1) is 0 Å². The van der Waals surface area contributed by atoms with Crippen LogP contribution >= 0.6 is 12.2 Å². The molecule has 0 aromatic heterocycles. The number of guanidine groups is 1. The zero-order valence-corrected chi connectivity index (χ0v) is 19.9. The number of aliphatic carboxylic acids is 2. The Morgan fingerprint density at radius 2 is 1.81 bits per heavy atom. The molecule has 0 spiro atoms. The maximum absolute atomic E-state index is 12.7. The van der Waals surface area contributed by atoms with E-state index in [0.29, 0.717) is 19.4 Å². The van der Waals surface area contributed by atoms with Gasteiger partial charge in [0.15, 0.2) is 17.1 Å². The molecule has 0 unspecified atom stereocenters. The van der Waals surface area contributed by atoms with E-state index in [-0.39, 0.29) is 16.6 Å². The number of carbonyl (C=O) groups excluding carboxylic acids is 3. The van der Waals surface area contributed by atoms with Crippen LogP contribution in [0.4, 0.5) is 0 Å². The molecule has 3 atom stereocenters. The van der Waals surface area contributed by atoms with Crippen LogP contribution < -0.4 is 27.4 Å². The van der Waals surface area contributed by atoms with Crippen molar-refractivity contribution in [2.45, 2.75) is 37.4 Å². The molecule has 3 amide bonds. The summed E-state index contributed by atoms with van der Waals surface area (Å²) in [5.41, 5.74) is 10.8. The molecular weight excluding hydrogens is 494 g/mol. The van der Waals surface area contributed by atoms with Crippen molar-refractivity contribution >= 4 is 53.0 Å². The number of aliphatic imine (C=N–C) groups is 1. The van der Waals surface area contributed by atoms with E-state index in [1.807, 2.05) is 0 Å². The van der Waals surface area contributed by atoms with Gasteiger partial charge in [-0.3, -0.25) is 29.1 Å². The Morgan fingerprint density at radius 1 is 1.14 bits per heavy atom. The number of hydrogen-bond donors (Lipinski definition) is 7. The lowest BCUT2D eigenvalue weighted by molar-refractivity contribution is -0.143. The van der Waals surface area contributed by atoms with Crippen molar-refractivity contribution in [1.29, 1.82) is 0 Å². The third-order valence-corrected chi connectivity index (χ3v) is 5.39. The molecule has 194 valence electrons. The molecule has 0 bridgehead atoms. The minimum absolute atomic E-state index is 0.00348. The number of rotatable bonds is 13. The number of carbonyl (C=O) groups is 5. The van der Waals surface area contributed by atoms with Crippen LogP contribution in [-0.4, -0.2) is 81.0 Å². The second-order valence-electron chi connectivity index (χ2n) is 7.78. The van der Waals surface area contributed by atoms with E-state index in [9.17, 15) is 34.2 Å². The SMILES string of the molecule is NC(N)=NCCC[C@@H]1NC(=S)N(CC(=O)N[C@@H](CC(=O)O)C(=O)N[C@H](C(=O)O)c2ccccc2)C1=O. The molecule has 14 nitrogen and oxygen atoms in total. The van der Waals surface area contributed by atoms with E-state index in [2.05, 4.69) is 20.9 Å². The lowest BCUT2D eigenvalue weighted by Crippen LogP contribution is -2.52. The highest BCUT2D eigenvalue weighted by molar-refractivity contribution is 7.80. The lowest BCUT2D eigenvalue weighted by atomic mass is 10.1. The van der Waals surface area contributed by atoms with E-state index < -0.39 is 60.8 Å². The first-order chi connectivity index (χ1) is 17.0. The van der Waals surface area contributed by atoms with E-state index in [1.54, 1.807) is 18.2 Å². The molecule has 0 saturated carbocycles. The number of nitrogens with zero attached hydrogens (tertiary/aromatic N) is 2. The van der Waals surface area contributed by atoms with E-state index in [0.717, 1.165) is 4.90 Å². The molecule has 1 heterocycles. The third kappa shape index (κ3) is 8.19. The lowest BCUT2D eigenvalue weighted by Gasteiger charge is -2.22. The third-order valence-electron chi connectivity index (χ3n) is 5.05. The summed E-state index contributed by atoms with van der Waals surface area (Å²) in [6.07, 6.45) is -0.00624. The summed E-state index contributed by atoms with van der Waals surface area (Å²) in [6, 6.07) is 4.00. The van der Waals surface area contributed by atoms with Crippen LogP contribution in [0.1, 0.15) is 30.9 Å². The van der Waals surface area contributed by atoms with Crippen molar-refractivity contribution < 1.29 is 34.2 Å². The predicted molar refractivity (Wildman–Crippen MR) is 130 cm³/mol. The summed E-state index contributed by atoms with van der Waals surface area (Å²) in [5.74, 6) is -5.21. The topological polar surface area (TPSA) is 230 Å². The summed E-state index contributed by atoms with van der Waals surface area (Å²) < 4.78 is 0. The number of carboxylic acid groups (broad SMARTS) is 2. The molecule has 1 aromatic carbocycles. The van der Waals surface area contributed by atoms with Gasteiger partial charge >= 0.3 is 11.9 Å². The first-order valence-corrected chi connectivity index (χ1v) is 11.2.